The minimum absolute atomic E-state index is 0.0492. The molecule has 1 heterocycles. The first-order chi connectivity index (χ1) is 11.4. The SMILES string of the molecule is Cc1ccc(S(=O)(=O)OCCOCCn2ccnc2[N+](=O)[O-])cc1. The molecule has 0 spiro atoms. The lowest BCUT2D eigenvalue weighted by molar-refractivity contribution is -0.396. The molecule has 0 atom stereocenters. The van der Waals surface area contributed by atoms with Gasteiger partial charge in [-0.15, -0.1) is 0 Å². The lowest BCUT2D eigenvalue weighted by Crippen LogP contribution is -2.14. The molecule has 0 radical (unpaired) electrons. The second-order valence-corrected chi connectivity index (χ2v) is 6.49. The summed E-state index contributed by atoms with van der Waals surface area (Å²) in [5, 5.41) is 10.7. The number of nitro groups is 1. The number of hydrogen-bond acceptors (Lipinski definition) is 7. The van der Waals surface area contributed by atoms with Crippen molar-refractivity contribution in [1.82, 2.24) is 9.55 Å². The van der Waals surface area contributed by atoms with E-state index < -0.39 is 15.0 Å². The van der Waals surface area contributed by atoms with Crippen molar-refractivity contribution in [3.8, 4) is 0 Å². The van der Waals surface area contributed by atoms with Gasteiger partial charge in [0.1, 0.15) is 12.4 Å². The van der Waals surface area contributed by atoms with Crippen LogP contribution in [0.3, 0.4) is 0 Å². The Morgan fingerprint density at radius 1 is 1.21 bits per heavy atom. The van der Waals surface area contributed by atoms with Gasteiger partial charge in [0.15, 0.2) is 0 Å². The molecule has 0 saturated carbocycles. The van der Waals surface area contributed by atoms with Crippen LogP contribution < -0.4 is 0 Å². The number of rotatable bonds is 9. The topological polar surface area (TPSA) is 114 Å². The highest BCUT2D eigenvalue weighted by atomic mass is 32.2. The summed E-state index contributed by atoms with van der Waals surface area (Å²) in [6.07, 6.45) is 2.80. The van der Waals surface area contributed by atoms with Crippen molar-refractivity contribution >= 4 is 16.1 Å². The summed E-state index contributed by atoms with van der Waals surface area (Å²) in [5.41, 5.74) is 0.950. The Bertz CT molecular complexity index is 785. The average molecular weight is 355 g/mol. The van der Waals surface area contributed by atoms with Crippen LogP contribution in [0.15, 0.2) is 41.6 Å². The van der Waals surface area contributed by atoms with Crippen molar-refractivity contribution in [1.29, 1.82) is 0 Å². The number of benzene rings is 1. The zero-order valence-electron chi connectivity index (χ0n) is 13.0. The molecule has 10 heteroatoms. The van der Waals surface area contributed by atoms with Crippen molar-refractivity contribution in [2.45, 2.75) is 18.4 Å². The van der Waals surface area contributed by atoms with E-state index in [2.05, 4.69) is 4.98 Å². The van der Waals surface area contributed by atoms with Gasteiger partial charge in [0.25, 0.3) is 10.1 Å². The Labute approximate surface area is 139 Å². The molecule has 0 amide bonds. The molecule has 0 bridgehead atoms. The predicted molar refractivity (Wildman–Crippen MR) is 84.0 cm³/mol. The van der Waals surface area contributed by atoms with Crippen LogP contribution in [0.5, 0.6) is 0 Å². The lowest BCUT2D eigenvalue weighted by Gasteiger charge is -2.07. The maximum atomic E-state index is 11.9. The fourth-order valence-electron chi connectivity index (χ4n) is 1.89. The van der Waals surface area contributed by atoms with Crippen LogP contribution in [0.1, 0.15) is 5.56 Å². The number of aromatic nitrogens is 2. The van der Waals surface area contributed by atoms with Gasteiger partial charge < -0.3 is 14.9 Å². The van der Waals surface area contributed by atoms with Crippen LogP contribution in [0, 0.1) is 17.0 Å². The number of imidazole rings is 1. The summed E-state index contributed by atoms with van der Waals surface area (Å²) >= 11 is 0. The fraction of sp³-hybridized carbons (Fsp3) is 0.357. The zero-order valence-corrected chi connectivity index (χ0v) is 13.8. The quantitative estimate of drug-likeness (QED) is 0.290. The third-order valence-electron chi connectivity index (χ3n) is 3.11. The van der Waals surface area contributed by atoms with E-state index >= 15 is 0 Å². The van der Waals surface area contributed by atoms with E-state index in [1.165, 1.54) is 29.1 Å². The average Bonchev–Trinajstić information content (AvgIpc) is 3.00. The van der Waals surface area contributed by atoms with E-state index in [-0.39, 0.29) is 37.2 Å². The van der Waals surface area contributed by atoms with E-state index in [9.17, 15) is 18.5 Å². The Hall–Kier alpha value is -2.30. The largest absolute Gasteiger partial charge is 0.434 e. The highest BCUT2D eigenvalue weighted by Gasteiger charge is 2.15. The predicted octanol–water partition coefficient (Wildman–Crippen LogP) is 1.52. The molecule has 0 N–H and O–H groups in total. The first-order valence-corrected chi connectivity index (χ1v) is 8.50. The van der Waals surface area contributed by atoms with E-state index in [0.717, 1.165) is 5.56 Å². The summed E-state index contributed by atoms with van der Waals surface area (Å²) in [6, 6.07) is 6.32. The van der Waals surface area contributed by atoms with Crippen LogP contribution in [-0.2, 0) is 25.6 Å². The third-order valence-corrected chi connectivity index (χ3v) is 4.44. The molecule has 130 valence electrons. The summed E-state index contributed by atoms with van der Waals surface area (Å²) in [5.74, 6) is -0.267. The van der Waals surface area contributed by atoms with Gasteiger partial charge in [0, 0.05) is 0 Å². The molecule has 9 nitrogen and oxygen atoms in total. The van der Waals surface area contributed by atoms with Gasteiger partial charge in [-0.2, -0.15) is 8.42 Å². The van der Waals surface area contributed by atoms with Crippen molar-refractivity contribution in [3.05, 3.63) is 52.3 Å². The Balaban J connectivity index is 1.72. The van der Waals surface area contributed by atoms with Gasteiger partial charge in [-0.1, -0.05) is 22.7 Å². The second-order valence-electron chi connectivity index (χ2n) is 4.88. The third kappa shape index (κ3) is 4.85. The molecular formula is C14H17N3O6S. The highest BCUT2D eigenvalue weighted by molar-refractivity contribution is 7.86. The maximum Gasteiger partial charge on any atom is 0.434 e. The molecule has 0 aliphatic heterocycles. The van der Waals surface area contributed by atoms with Gasteiger partial charge in [0.05, 0.1) is 31.3 Å². The molecule has 1 aromatic carbocycles. The van der Waals surface area contributed by atoms with Crippen LogP contribution in [-0.4, -0.2) is 42.7 Å². The van der Waals surface area contributed by atoms with Gasteiger partial charge >= 0.3 is 5.95 Å². The Kier molecular flexibility index (Phi) is 6.01. The summed E-state index contributed by atoms with van der Waals surface area (Å²) in [4.78, 5) is 13.8. The number of aryl methyl sites for hydroxylation is 1. The van der Waals surface area contributed by atoms with Crippen molar-refractivity contribution in [3.63, 3.8) is 0 Å². The minimum atomic E-state index is -3.81. The fourth-order valence-corrected chi connectivity index (χ4v) is 2.78. The first kappa shape index (κ1) is 18.0. The molecule has 1 aromatic heterocycles. The van der Waals surface area contributed by atoms with Crippen LogP contribution >= 0.6 is 0 Å². The summed E-state index contributed by atoms with van der Waals surface area (Å²) < 4.78 is 35.3. The molecule has 24 heavy (non-hydrogen) atoms. The van der Waals surface area contributed by atoms with E-state index in [1.54, 1.807) is 12.1 Å². The van der Waals surface area contributed by atoms with Gasteiger partial charge in [-0.25, -0.2) is 4.57 Å². The number of hydrogen-bond donors (Lipinski definition) is 0. The highest BCUT2D eigenvalue weighted by Crippen LogP contribution is 2.13. The smallest absolute Gasteiger partial charge is 0.390 e. The summed E-state index contributed by atoms with van der Waals surface area (Å²) in [6.45, 7) is 2.18. The zero-order chi connectivity index (χ0) is 17.6. The number of ether oxygens (including phenoxy) is 1. The van der Waals surface area contributed by atoms with E-state index in [0.29, 0.717) is 0 Å². The van der Waals surface area contributed by atoms with E-state index in [1.807, 2.05) is 6.92 Å². The molecule has 2 rings (SSSR count). The van der Waals surface area contributed by atoms with Crippen LogP contribution in [0.4, 0.5) is 5.95 Å². The normalized spacial score (nSPS) is 11.5. The maximum absolute atomic E-state index is 11.9. The van der Waals surface area contributed by atoms with Gasteiger partial charge in [-0.05, 0) is 24.0 Å². The van der Waals surface area contributed by atoms with Crippen molar-refractivity contribution < 1.29 is 22.3 Å². The van der Waals surface area contributed by atoms with Crippen LogP contribution in [0.25, 0.3) is 0 Å². The Morgan fingerprint density at radius 3 is 2.58 bits per heavy atom. The monoisotopic (exact) mass is 355 g/mol. The second kappa shape index (κ2) is 7.99. The molecule has 0 aliphatic carbocycles. The molecule has 2 aromatic rings. The standard InChI is InChI=1S/C14H17N3O6S/c1-12-2-4-13(5-3-12)24(20,21)23-11-10-22-9-8-16-7-6-15-14(16)17(18)19/h2-7H,8-11H2,1H3. The first-order valence-electron chi connectivity index (χ1n) is 7.09. The molecule has 0 saturated heterocycles. The Morgan fingerprint density at radius 2 is 1.92 bits per heavy atom. The lowest BCUT2D eigenvalue weighted by atomic mass is 10.2. The molecule has 0 aliphatic rings. The van der Waals surface area contributed by atoms with E-state index in [4.69, 9.17) is 8.92 Å². The molecular weight excluding hydrogens is 338 g/mol. The van der Waals surface area contributed by atoms with Gasteiger partial charge in [-0.3, -0.25) is 4.18 Å². The number of nitrogens with zero attached hydrogens (tertiary/aromatic N) is 3. The molecule has 0 unspecified atom stereocenters. The minimum Gasteiger partial charge on any atom is -0.390 e. The van der Waals surface area contributed by atoms with Crippen molar-refractivity contribution in [2.24, 2.45) is 0 Å². The molecule has 0 fully saturated rings. The van der Waals surface area contributed by atoms with Gasteiger partial charge in [0.2, 0.25) is 0 Å². The van der Waals surface area contributed by atoms with Crippen LogP contribution in [0.2, 0.25) is 0 Å². The van der Waals surface area contributed by atoms with Crippen molar-refractivity contribution in [2.75, 3.05) is 19.8 Å². The summed E-state index contributed by atoms with van der Waals surface area (Å²) in [7, 11) is -3.81.